The first kappa shape index (κ1) is 22.0. The van der Waals surface area contributed by atoms with E-state index in [4.69, 9.17) is 25.8 Å². The first-order chi connectivity index (χ1) is 13.8. The minimum atomic E-state index is -0.660. The highest BCUT2D eigenvalue weighted by atomic mass is 35.5. The van der Waals surface area contributed by atoms with Gasteiger partial charge in [-0.2, -0.15) is 0 Å². The highest BCUT2D eigenvalue weighted by molar-refractivity contribution is 6.33. The van der Waals surface area contributed by atoms with Crippen LogP contribution in [0.1, 0.15) is 12.0 Å². The fourth-order valence-electron chi connectivity index (χ4n) is 2.41. The monoisotopic (exact) mass is 422 g/mol. The van der Waals surface area contributed by atoms with Crippen LogP contribution in [0.4, 0.5) is 11.4 Å². The molecular weight excluding hydrogens is 404 g/mol. The van der Waals surface area contributed by atoms with Gasteiger partial charge in [0.15, 0.2) is 18.1 Å². The number of carbonyl (C=O) groups excluding carboxylic acids is 2. The second-order valence-electron chi connectivity index (χ2n) is 5.82. The average Bonchev–Trinajstić information content (AvgIpc) is 2.71. The zero-order valence-corrected chi connectivity index (χ0v) is 16.5. The molecule has 0 unspecified atom stereocenters. The van der Waals surface area contributed by atoms with E-state index in [1.807, 2.05) is 0 Å². The van der Waals surface area contributed by atoms with Crippen LogP contribution >= 0.6 is 11.6 Å². The molecule has 1 amide bonds. The number of carbonyl (C=O) groups is 2. The molecule has 0 radical (unpaired) electrons. The number of nitrogens with one attached hydrogen (secondary N) is 1. The lowest BCUT2D eigenvalue weighted by Gasteiger charge is -2.10. The summed E-state index contributed by atoms with van der Waals surface area (Å²) in [5.41, 5.74) is 0.677. The molecule has 29 heavy (non-hydrogen) atoms. The number of aryl methyl sites for hydroxylation is 1. The number of anilines is 1. The number of non-ortho nitro benzene ring substituents is 1. The fraction of sp³-hybridized carbons (Fsp3) is 0.263. The second-order valence-corrected chi connectivity index (χ2v) is 6.23. The Balaban J connectivity index is 1.84. The number of rotatable bonds is 9. The van der Waals surface area contributed by atoms with Crippen molar-refractivity contribution in [1.29, 1.82) is 0 Å². The molecule has 0 saturated heterocycles. The maximum absolute atomic E-state index is 11.9. The average molecular weight is 423 g/mol. The minimum absolute atomic E-state index is 0.0559. The Morgan fingerprint density at radius 2 is 1.83 bits per heavy atom. The summed E-state index contributed by atoms with van der Waals surface area (Å²) in [6.07, 6.45) is 0.442. The smallest absolute Gasteiger partial charge is 0.306 e. The number of ether oxygens (including phenoxy) is 3. The third-order valence-corrected chi connectivity index (χ3v) is 4.19. The van der Waals surface area contributed by atoms with Gasteiger partial charge < -0.3 is 19.5 Å². The Bertz CT molecular complexity index is 917. The topological polar surface area (TPSA) is 117 Å². The zero-order chi connectivity index (χ0) is 21.4. The van der Waals surface area contributed by atoms with Crippen LogP contribution in [0.5, 0.6) is 11.5 Å². The summed E-state index contributed by atoms with van der Waals surface area (Å²) < 4.78 is 15.3. The van der Waals surface area contributed by atoms with Gasteiger partial charge in [-0.15, -0.1) is 0 Å². The SMILES string of the molecule is COc1ccc(CCC(=O)OCC(=O)Nc2cc([N+](=O)[O-])ccc2Cl)cc1OC. The van der Waals surface area contributed by atoms with Crippen LogP contribution in [-0.2, 0) is 20.7 Å². The predicted molar refractivity (Wildman–Crippen MR) is 106 cm³/mol. The van der Waals surface area contributed by atoms with Gasteiger partial charge >= 0.3 is 5.97 Å². The van der Waals surface area contributed by atoms with Crippen LogP contribution < -0.4 is 14.8 Å². The lowest BCUT2D eigenvalue weighted by Crippen LogP contribution is -2.21. The molecule has 0 saturated carbocycles. The molecule has 0 aliphatic heterocycles. The van der Waals surface area contributed by atoms with E-state index < -0.39 is 23.4 Å². The molecule has 2 rings (SSSR count). The van der Waals surface area contributed by atoms with Crippen LogP contribution in [0.2, 0.25) is 5.02 Å². The van der Waals surface area contributed by atoms with Gasteiger partial charge in [0, 0.05) is 18.6 Å². The maximum Gasteiger partial charge on any atom is 0.306 e. The van der Waals surface area contributed by atoms with Gasteiger partial charge in [-0.05, 0) is 30.2 Å². The van der Waals surface area contributed by atoms with Crippen LogP contribution in [0.15, 0.2) is 36.4 Å². The minimum Gasteiger partial charge on any atom is -0.493 e. The Labute approximate surface area is 171 Å². The van der Waals surface area contributed by atoms with E-state index in [1.54, 1.807) is 18.2 Å². The standard InChI is InChI=1S/C19H19ClN2O7/c1-27-16-7-3-12(9-17(16)28-2)4-8-19(24)29-11-18(23)21-15-10-13(22(25)26)5-6-14(15)20/h3,5-7,9-10H,4,8,11H2,1-2H3,(H,21,23). The molecule has 0 aliphatic carbocycles. The highest BCUT2D eigenvalue weighted by Gasteiger charge is 2.14. The molecule has 1 N–H and O–H groups in total. The van der Waals surface area contributed by atoms with Crippen molar-refractivity contribution in [1.82, 2.24) is 0 Å². The normalized spacial score (nSPS) is 10.2. The summed E-state index contributed by atoms with van der Waals surface area (Å²) in [6.45, 7) is -0.538. The third kappa shape index (κ3) is 6.35. The predicted octanol–water partition coefficient (Wildman–Crippen LogP) is 3.38. The molecule has 9 nitrogen and oxygen atoms in total. The molecule has 0 aliphatic rings. The summed E-state index contributed by atoms with van der Waals surface area (Å²) in [7, 11) is 3.04. The van der Waals surface area contributed by atoms with E-state index in [-0.39, 0.29) is 22.8 Å². The quantitative estimate of drug-likeness (QED) is 0.374. The molecule has 2 aromatic carbocycles. The molecule has 0 heterocycles. The maximum atomic E-state index is 11.9. The number of esters is 1. The van der Waals surface area contributed by atoms with Crippen LogP contribution in [0.25, 0.3) is 0 Å². The van der Waals surface area contributed by atoms with Crippen molar-refractivity contribution in [2.45, 2.75) is 12.8 Å². The van der Waals surface area contributed by atoms with Crippen molar-refractivity contribution < 1.29 is 28.7 Å². The lowest BCUT2D eigenvalue weighted by molar-refractivity contribution is -0.384. The molecule has 10 heteroatoms. The number of benzene rings is 2. The van der Waals surface area contributed by atoms with E-state index in [1.165, 1.54) is 26.4 Å². The van der Waals surface area contributed by atoms with Crippen LogP contribution in [-0.4, -0.2) is 37.6 Å². The second kappa shape index (κ2) is 10.3. The zero-order valence-electron chi connectivity index (χ0n) is 15.8. The van der Waals surface area contributed by atoms with Crippen molar-refractivity contribution in [2.75, 3.05) is 26.1 Å². The first-order valence-electron chi connectivity index (χ1n) is 8.44. The number of nitro benzene ring substituents is 1. The van der Waals surface area contributed by atoms with Crippen molar-refractivity contribution in [3.63, 3.8) is 0 Å². The largest absolute Gasteiger partial charge is 0.493 e. The number of amides is 1. The van der Waals surface area contributed by atoms with Crippen LogP contribution in [0, 0.1) is 10.1 Å². The summed E-state index contributed by atoms with van der Waals surface area (Å²) in [4.78, 5) is 34.0. The van der Waals surface area contributed by atoms with Gasteiger partial charge in [0.25, 0.3) is 11.6 Å². The Hall–Kier alpha value is -3.33. The summed E-state index contributed by atoms with van der Waals surface area (Å²) in [6, 6.07) is 8.92. The molecular formula is C19H19ClN2O7. The van der Waals surface area contributed by atoms with Crippen LogP contribution in [0.3, 0.4) is 0 Å². The van der Waals surface area contributed by atoms with E-state index in [2.05, 4.69) is 5.32 Å². The number of halogens is 1. The van der Waals surface area contributed by atoms with Crippen molar-refractivity contribution in [3.05, 3.63) is 57.1 Å². The summed E-state index contributed by atoms with van der Waals surface area (Å²) in [5, 5.41) is 13.3. The van der Waals surface area contributed by atoms with Gasteiger partial charge in [0.2, 0.25) is 0 Å². The Morgan fingerprint density at radius 3 is 2.48 bits per heavy atom. The summed E-state index contributed by atoms with van der Waals surface area (Å²) in [5.74, 6) is -0.103. The number of hydrogen-bond acceptors (Lipinski definition) is 7. The van der Waals surface area contributed by atoms with Crippen molar-refractivity contribution in [2.24, 2.45) is 0 Å². The molecule has 0 fully saturated rings. The Kier molecular flexibility index (Phi) is 7.79. The molecule has 0 spiro atoms. The molecule has 0 atom stereocenters. The van der Waals surface area contributed by atoms with Gasteiger partial charge in [-0.25, -0.2) is 0 Å². The van der Waals surface area contributed by atoms with Crippen molar-refractivity contribution in [3.8, 4) is 11.5 Å². The summed E-state index contributed by atoms with van der Waals surface area (Å²) >= 11 is 5.91. The van der Waals surface area contributed by atoms with E-state index in [9.17, 15) is 19.7 Å². The van der Waals surface area contributed by atoms with Gasteiger partial charge in [0.05, 0.1) is 29.9 Å². The van der Waals surface area contributed by atoms with E-state index in [0.717, 1.165) is 11.6 Å². The molecule has 2 aromatic rings. The number of hydrogen-bond donors (Lipinski definition) is 1. The first-order valence-corrected chi connectivity index (χ1v) is 8.82. The van der Waals surface area contributed by atoms with Gasteiger partial charge in [-0.1, -0.05) is 17.7 Å². The molecule has 0 aromatic heterocycles. The fourth-order valence-corrected chi connectivity index (χ4v) is 2.57. The van der Waals surface area contributed by atoms with Gasteiger partial charge in [-0.3, -0.25) is 19.7 Å². The van der Waals surface area contributed by atoms with E-state index in [0.29, 0.717) is 17.9 Å². The Morgan fingerprint density at radius 1 is 1.10 bits per heavy atom. The van der Waals surface area contributed by atoms with E-state index >= 15 is 0 Å². The van der Waals surface area contributed by atoms with Crippen molar-refractivity contribution >= 4 is 34.9 Å². The highest BCUT2D eigenvalue weighted by Crippen LogP contribution is 2.28. The number of nitro groups is 1. The lowest BCUT2D eigenvalue weighted by atomic mass is 10.1. The molecule has 154 valence electrons. The third-order valence-electron chi connectivity index (χ3n) is 3.86. The number of methoxy groups -OCH3 is 2. The number of nitrogens with zero attached hydrogens (tertiary/aromatic N) is 1. The molecule has 0 bridgehead atoms. The van der Waals surface area contributed by atoms with Gasteiger partial charge in [0.1, 0.15) is 0 Å².